The Morgan fingerprint density at radius 2 is 1.88 bits per heavy atom. The summed E-state index contributed by atoms with van der Waals surface area (Å²) < 4.78 is 5.40. The van der Waals surface area contributed by atoms with Crippen LogP contribution in [0.15, 0.2) is 29.3 Å². The molecule has 0 bridgehead atoms. The van der Waals surface area contributed by atoms with Crippen LogP contribution in [0.25, 0.3) is 0 Å². The molecule has 1 fully saturated rings. The standard InChI is InChI=1S/C20H34N4O.HI/c1-5-21-19(22-10-11-24-12-14-25-15-13-24)23-16-20(3,4)18-9-7-6-8-17(18)2;/h6-9H,5,10-16H2,1-4H3,(H2,21,22,23);1H. The smallest absolute Gasteiger partial charge is 0.191 e. The van der Waals surface area contributed by atoms with Gasteiger partial charge in [-0.05, 0) is 25.0 Å². The molecule has 1 aliphatic rings. The van der Waals surface area contributed by atoms with Crippen molar-refractivity contribution in [1.29, 1.82) is 0 Å². The third-order valence-electron chi connectivity index (χ3n) is 4.68. The number of morpholine rings is 1. The average molecular weight is 474 g/mol. The van der Waals surface area contributed by atoms with Crippen molar-refractivity contribution in [2.24, 2.45) is 4.99 Å². The molecule has 1 aromatic carbocycles. The molecule has 2 N–H and O–H groups in total. The largest absolute Gasteiger partial charge is 0.379 e. The Bertz CT molecular complexity index is 556. The summed E-state index contributed by atoms with van der Waals surface area (Å²) in [7, 11) is 0. The zero-order valence-electron chi connectivity index (χ0n) is 16.7. The number of rotatable bonds is 7. The lowest BCUT2D eigenvalue weighted by Gasteiger charge is -2.27. The van der Waals surface area contributed by atoms with Crippen molar-refractivity contribution in [1.82, 2.24) is 15.5 Å². The van der Waals surface area contributed by atoms with E-state index in [0.29, 0.717) is 0 Å². The summed E-state index contributed by atoms with van der Waals surface area (Å²) in [5, 5.41) is 6.82. The second-order valence-electron chi connectivity index (χ2n) is 7.27. The SMILES string of the molecule is CCNC(=NCC(C)(C)c1ccccc1C)NCCN1CCOCC1.I. The summed E-state index contributed by atoms with van der Waals surface area (Å²) in [6.07, 6.45) is 0. The Morgan fingerprint density at radius 1 is 1.19 bits per heavy atom. The molecule has 6 heteroatoms. The Hall–Kier alpha value is -0.860. The Kier molecular flexibility index (Phi) is 10.5. The number of guanidine groups is 1. The fourth-order valence-electron chi connectivity index (χ4n) is 3.19. The summed E-state index contributed by atoms with van der Waals surface area (Å²) in [6, 6.07) is 8.59. The van der Waals surface area contributed by atoms with Gasteiger partial charge in [-0.25, -0.2) is 0 Å². The highest BCUT2D eigenvalue weighted by molar-refractivity contribution is 14.0. The van der Waals surface area contributed by atoms with Crippen LogP contribution in [0.5, 0.6) is 0 Å². The molecule has 0 unspecified atom stereocenters. The van der Waals surface area contributed by atoms with E-state index in [-0.39, 0.29) is 29.4 Å². The van der Waals surface area contributed by atoms with Gasteiger partial charge in [0.05, 0.1) is 19.8 Å². The van der Waals surface area contributed by atoms with E-state index in [1.54, 1.807) is 0 Å². The first-order valence-electron chi connectivity index (χ1n) is 9.41. The number of halogens is 1. The number of nitrogens with one attached hydrogen (secondary N) is 2. The minimum absolute atomic E-state index is 0. The number of hydrogen-bond acceptors (Lipinski definition) is 3. The van der Waals surface area contributed by atoms with E-state index in [1.807, 2.05) is 0 Å². The molecular formula is C20H35IN4O. The van der Waals surface area contributed by atoms with Gasteiger partial charge in [0.15, 0.2) is 5.96 Å². The molecule has 1 aromatic rings. The first-order valence-corrected chi connectivity index (χ1v) is 9.41. The molecule has 148 valence electrons. The number of ether oxygens (including phenoxy) is 1. The Morgan fingerprint density at radius 3 is 2.54 bits per heavy atom. The fraction of sp³-hybridized carbons (Fsp3) is 0.650. The van der Waals surface area contributed by atoms with Crippen LogP contribution in [0.2, 0.25) is 0 Å². The van der Waals surface area contributed by atoms with Crippen LogP contribution >= 0.6 is 24.0 Å². The third-order valence-corrected chi connectivity index (χ3v) is 4.68. The molecule has 0 spiro atoms. The lowest BCUT2D eigenvalue weighted by molar-refractivity contribution is 0.0389. The number of hydrogen-bond donors (Lipinski definition) is 2. The van der Waals surface area contributed by atoms with Crippen molar-refractivity contribution in [2.75, 3.05) is 52.5 Å². The number of aryl methyl sites for hydroxylation is 1. The van der Waals surface area contributed by atoms with Crippen LogP contribution in [-0.2, 0) is 10.2 Å². The van der Waals surface area contributed by atoms with E-state index in [4.69, 9.17) is 9.73 Å². The highest BCUT2D eigenvalue weighted by Crippen LogP contribution is 2.26. The molecule has 0 atom stereocenters. The van der Waals surface area contributed by atoms with Crippen LogP contribution in [-0.4, -0.2) is 63.3 Å². The van der Waals surface area contributed by atoms with Crippen LogP contribution in [0.3, 0.4) is 0 Å². The van der Waals surface area contributed by atoms with Gasteiger partial charge >= 0.3 is 0 Å². The van der Waals surface area contributed by atoms with Gasteiger partial charge in [0.2, 0.25) is 0 Å². The van der Waals surface area contributed by atoms with Gasteiger partial charge in [0, 0.05) is 38.1 Å². The predicted octanol–water partition coefficient (Wildman–Crippen LogP) is 2.78. The van der Waals surface area contributed by atoms with Gasteiger partial charge in [-0.3, -0.25) is 9.89 Å². The van der Waals surface area contributed by atoms with Crippen molar-refractivity contribution < 1.29 is 4.74 Å². The van der Waals surface area contributed by atoms with Crippen LogP contribution in [0.4, 0.5) is 0 Å². The van der Waals surface area contributed by atoms with E-state index in [1.165, 1.54) is 11.1 Å². The second-order valence-corrected chi connectivity index (χ2v) is 7.27. The maximum absolute atomic E-state index is 5.40. The third kappa shape index (κ3) is 7.40. The van der Waals surface area contributed by atoms with Gasteiger partial charge in [0.25, 0.3) is 0 Å². The Balaban J connectivity index is 0.00000338. The molecule has 0 aromatic heterocycles. The van der Waals surface area contributed by atoms with Crippen molar-refractivity contribution in [3.05, 3.63) is 35.4 Å². The van der Waals surface area contributed by atoms with Crippen molar-refractivity contribution in [3.63, 3.8) is 0 Å². The van der Waals surface area contributed by atoms with E-state index in [9.17, 15) is 0 Å². The summed E-state index contributed by atoms with van der Waals surface area (Å²) in [6.45, 7) is 16.1. The topological polar surface area (TPSA) is 48.9 Å². The van der Waals surface area contributed by atoms with Crippen LogP contribution in [0.1, 0.15) is 31.9 Å². The maximum Gasteiger partial charge on any atom is 0.191 e. The van der Waals surface area contributed by atoms with E-state index in [2.05, 4.69) is 67.5 Å². The number of benzene rings is 1. The van der Waals surface area contributed by atoms with Gasteiger partial charge in [0.1, 0.15) is 0 Å². The Labute approximate surface area is 176 Å². The molecule has 0 radical (unpaired) electrons. The zero-order valence-corrected chi connectivity index (χ0v) is 19.0. The minimum atomic E-state index is 0. The van der Waals surface area contributed by atoms with Gasteiger partial charge < -0.3 is 15.4 Å². The molecule has 0 saturated carbocycles. The monoisotopic (exact) mass is 474 g/mol. The molecule has 5 nitrogen and oxygen atoms in total. The highest BCUT2D eigenvalue weighted by atomic mass is 127. The molecule has 1 saturated heterocycles. The van der Waals surface area contributed by atoms with E-state index < -0.39 is 0 Å². The fourth-order valence-corrected chi connectivity index (χ4v) is 3.19. The predicted molar refractivity (Wildman–Crippen MR) is 121 cm³/mol. The maximum atomic E-state index is 5.40. The van der Waals surface area contributed by atoms with Crippen LogP contribution in [0, 0.1) is 6.92 Å². The first-order chi connectivity index (χ1) is 12.0. The van der Waals surface area contributed by atoms with Gasteiger partial charge in [-0.1, -0.05) is 38.1 Å². The molecule has 0 amide bonds. The summed E-state index contributed by atoms with van der Waals surface area (Å²) in [5.41, 5.74) is 2.70. The molecule has 1 heterocycles. The molecule has 26 heavy (non-hydrogen) atoms. The van der Waals surface area contributed by atoms with E-state index >= 15 is 0 Å². The van der Waals surface area contributed by atoms with Crippen LogP contribution < -0.4 is 10.6 Å². The molecular weight excluding hydrogens is 439 g/mol. The molecule has 0 aliphatic carbocycles. The van der Waals surface area contributed by atoms with Crippen molar-refractivity contribution in [3.8, 4) is 0 Å². The number of aliphatic imine (C=N–C) groups is 1. The lowest BCUT2D eigenvalue weighted by Crippen LogP contribution is -2.44. The van der Waals surface area contributed by atoms with Gasteiger partial charge in [-0.2, -0.15) is 0 Å². The average Bonchev–Trinajstić information content (AvgIpc) is 2.61. The van der Waals surface area contributed by atoms with Gasteiger partial charge in [-0.15, -0.1) is 24.0 Å². The molecule has 1 aliphatic heterocycles. The van der Waals surface area contributed by atoms with Crippen molar-refractivity contribution in [2.45, 2.75) is 33.1 Å². The van der Waals surface area contributed by atoms with Crippen molar-refractivity contribution >= 4 is 29.9 Å². The van der Waals surface area contributed by atoms with E-state index in [0.717, 1.165) is 58.4 Å². The summed E-state index contributed by atoms with van der Waals surface area (Å²) in [4.78, 5) is 7.26. The summed E-state index contributed by atoms with van der Waals surface area (Å²) >= 11 is 0. The number of nitrogens with zero attached hydrogens (tertiary/aromatic N) is 2. The highest BCUT2D eigenvalue weighted by Gasteiger charge is 2.22. The lowest BCUT2D eigenvalue weighted by atomic mass is 9.82. The first kappa shape index (κ1) is 23.2. The second kappa shape index (κ2) is 11.8. The normalized spacial score (nSPS) is 16.1. The zero-order chi connectivity index (χ0) is 18.1. The molecule has 2 rings (SSSR count). The quantitative estimate of drug-likeness (QED) is 0.363. The summed E-state index contributed by atoms with van der Waals surface area (Å²) in [5.74, 6) is 0.900. The minimum Gasteiger partial charge on any atom is -0.379 e.